The Balaban J connectivity index is 1.59. The number of fused-ring (bicyclic) bond motifs is 1. The topological polar surface area (TPSA) is 63.1 Å². The van der Waals surface area contributed by atoms with Gasteiger partial charge in [-0.25, -0.2) is 4.68 Å². The number of carbonyl (C=O) groups is 1. The monoisotopic (exact) mass is 311 g/mol. The predicted octanol–water partition coefficient (Wildman–Crippen LogP) is 1.79. The number of hydrogen-bond donors (Lipinski definition) is 1. The lowest BCUT2D eigenvalue weighted by molar-refractivity contribution is 0.0976. The van der Waals surface area contributed by atoms with Gasteiger partial charge in [-0.3, -0.25) is 4.79 Å². The Morgan fingerprint density at radius 3 is 2.87 bits per heavy atom. The van der Waals surface area contributed by atoms with Gasteiger partial charge >= 0.3 is 0 Å². The zero-order chi connectivity index (χ0) is 15.8. The van der Waals surface area contributed by atoms with Crippen molar-refractivity contribution in [1.29, 1.82) is 0 Å². The molecule has 0 unspecified atom stereocenters. The smallest absolute Gasteiger partial charge is 0.280 e. The Labute approximate surface area is 135 Å². The molecule has 2 aliphatic rings. The minimum Gasteiger partial charge on any atom is -0.317 e. The molecule has 3 heterocycles. The van der Waals surface area contributed by atoms with E-state index in [-0.39, 0.29) is 11.9 Å². The fraction of sp³-hybridized carbons (Fsp3) is 0.471. The molecule has 6 nitrogen and oxygen atoms in total. The van der Waals surface area contributed by atoms with E-state index >= 15 is 0 Å². The molecule has 0 aliphatic carbocycles. The Bertz CT molecular complexity index is 719. The molecular formula is C17H21N5O. The minimum atomic E-state index is -0.0531. The van der Waals surface area contributed by atoms with Gasteiger partial charge in [-0.1, -0.05) is 23.4 Å². The third-order valence-corrected chi connectivity index (χ3v) is 4.84. The summed E-state index contributed by atoms with van der Waals surface area (Å²) in [7, 11) is 0. The summed E-state index contributed by atoms with van der Waals surface area (Å²) >= 11 is 0. The van der Waals surface area contributed by atoms with Gasteiger partial charge < -0.3 is 10.2 Å². The van der Waals surface area contributed by atoms with Crippen LogP contribution in [0.2, 0.25) is 0 Å². The van der Waals surface area contributed by atoms with Gasteiger partial charge in [0.25, 0.3) is 5.91 Å². The van der Waals surface area contributed by atoms with Crippen molar-refractivity contribution in [3.05, 3.63) is 41.7 Å². The molecule has 6 heteroatoms. The maximum Gasteiger partial charge on any atom is 0.280 e. The lowest BCUT2D eigenvalue weighted by atomic mass is 10.1. The van der Waals surface area contributed by atoms with Crippen molar-refractivity contribution >= 4 is 11.6 Å². The zero-order valence-electron chi connectivity index (χ0n) is 13.3. The maximum atomic E-state index is 12.9. The van der Waals surface area contributed by atoms with E-state index in [9.17, 15) is 4.79 Å². The third kappa shape index (κ3) is 2.53. The van der Waals surface area contributed by atoms with Crippen LogP contribution in [0.3, 0.4) is 0 Å². The van der Waals surface area contributed by atoms with Crippen molar-refractivity contribution in [2.75, 3.05) is 18.0 Å². The molecule has 1 atom stereocenters. The minimum absolute atomic E-state index is 0.0531. The Morgan fingerprint density at radius 1 is 1.26 bits per heavy atom. The van der Waals surface area contributed by atoms with E-state index in [1.54, 1.807) is 0 Å². The highest BCUT2D eigenvalue weighted by atomic mass is 16.2. The number of nitrogens with zero attached hydrogens (tertiary/aromatic N) is 4. The lowest BCUT2D eigenvalue weighted by Gasteiger charge is -2.22. The number of amides is 1. The SMILES string of the molecule is C[C@H]1Cc2ccccc2N1C(=O)c1cn(C2CCNCC2)nn1. The average molecular weight is 311 g/mol. The highest BCUT2D eigenvalue weighted by Gasteiger charge is 2.32. The summed E-state index contributed by atoms with van der Waals surface area (Å²) in [6, 6.07) is 8.59. The molecule has 1 aromatic carbocycles. The summed E-state index contributed by atoms with van der Waals surface area (Å²) in [6.07, 6.45) is 4.76. The van der Waals surface area contributed by atoms with Crippen LogP contribution in [-0.4, -0.2) is 40.0 Å². The van der Waals surface area contributed by atoms with E-state index < -0.39 is 0 Å². The maximum absolute atomic E-state index is 12.9. The summed E-state index contributed by atoms with van der Waals surface area (Å²) in [5.41, 5.74) is 2.66. The molecule has 2 aromatic rings. The zero-order valence-corrected chi connectivity index (χ0v) is 13.3. The Morgan fingerprint density at radius 2 is 2.04 bits per heavy atom. The molecule has 0 spiro atoms. The third-order valence-electron chi connectivity index (χ3n) is 4.84. The van der Waals surface area contributed by atoms with Crippen LogP contribution in [0.5, 0.6) is 0 Å². The standard InChI is InChI=1S/C17H21N5O/c1-12-10-13-4-2-3-5-16(13)22(12)17(23)15-11-21(20-19-15)14-6-8-18-9-7-14/h2-5,11-12,14,18H,6-10H2,1H3/t12-/m0/s1. The number of carbonyl (C=O) groups excluding carboxylic acids is 1. The molecule has 2 aliphatic heterocycles. The summed E-state index contributed by atoms with van der Waals surface area (Å²) in [5, 5.41) is 11.7. The molecule has 1 aromatic heterocycles. The molecule has 0 bridgehead atoms. The Hall–Kier alpha value is -2.21. The quantitative estimate of drug-likeness (QED) is 0.918. The van der Waals surface area contributed by atoms with Gasteiger partial charge in [-0.15, -0.1) is 5.10 Å². The highest BCUT2D eigenvalue weighted by molar-refractivity contribution is 6.06. The first-order valence-electron chi connectivity index (χ1n) is 8.28. The van der Waals surface area contributed by atoms with Crippen molar-refractivity contribution in [3.63, 3.8) is 0 Å². The van der Waals surface area contributed by atoms with Crippen LogP contribution < -0.4 is 10.2 Å². The second-order valence-corrected chi connectivity index (χ2v) is 6.42. The number of piperidine rings is 1. The summed E-state index contributed by atoms with van der Waals surface area (Å²) in [4.78, 5) is 14.8. The summed E-state index contributed by atoms with van der Waals surface area (Å²) in [5.74, 6) is -0.0531. The van der Waals surface area contributed by atoms with E-state index in [0.29, 0.717) is 11.7 Å². The largest absolute Gasteiger partial charge is 0.317 e. The fourth-order valence-corrected chi connectivity index (χ4v) is 3.62. The van der Waals surface area contributed by atoms with Gasteiger partial charge in [0.05, 0.1) is 12.2 Å². The first-order chi connectivity index (χ1) is 11.2. The van der Waals surface area contributed by atoms with E-state index in [4.69, 9.17) is 0 Å². The Kier molecular flexibility index (Phi) is 3.61. The van der Waals surface area contributed by atoms with E-state index in [1.165, 1.54) is 5.56 Å². The number of hydrogen-bond acceptors (Lipinski definition) is 4. The summed E-state index contributed by atoms with van der Waals surface area (Å²) < 4.78 is 1.86. The molecule has 1 fully saturated rings. The average Bonchev–Trinajstić information content (AvgIpc) is 3.19. The first kappa shape index (κ1) is 14.4. The van der Waals surface area contributed by atoms with Gasteiger partial charge in [0.2, 0.25) is 0 Å². The molecule has 23 heavy (non-hydrogen) atoms. The van der Waals surface area contributed by atoms with Crippen molar-refractivity contribution < 1.29 is 4.79 Å². The van der Waals surface area contributed by atoms with E-state index in [1.807, 2.05) is 34.0 Å². The molecule has 1 N–H and O–H groups in total. The molecule has 1 amide bonds. The highest BCUT2D eigenvalue weighted by Crippen LogP contribution is 2.32. The van der Waals surface area contributed by atoms with Gasteiger partial charge in [0, 0.05) is 11.7 Å². The van der Waals surface area contributed by atoms with Gasteiger partial charge in [0.15, 0.2) is 5.69 Å². The second kappa shape index (κ2) is 5.77. The van der Waals surface area contributed by atoms with Crippen LogP contribution in [0.25, 0.3) is 0 Å². The summed E-state index contributed by atoms with van der Waals surface area (Å²) in [6.45, 7) is 4.06. The number of nitrogens with one attached hydrogen (secondary N) is 1. The van der Waals surface area contributed by atoms with Crippen molar-refractivity contribution in [2.45, 2.75) is 38.3 Å². The number of aromatic nitrogens is 3. The molecular weight excluding hydrogens is 290 g/mol. The fourth-order valence-electron chi connectivity index (χ4n) is 3.62. The van der Waals surface area contributed by atoms with Crippen molar-refractivity contribution in [1.82, 2.24) is 20.3 Å². The van der Waals surface area contributed by atoms with Crippen LogP contribution >= 0.6 is 0 Å². The number of para-hydroxylation sites is 1. The van der Waals surface area contributed by atoms with Crippen LogP contribution in [-0.2, 0) is 6.42 Å². The number of anilines is 1. The molecule has 1 saturated heterocycles. The molecule has 0 saturated carbocycles. The molecule has 120 valence electrons. The van der Waals surface area contributed by atoms with Gasteiger partial charge in [0.1, 0.15) is 0 Å². The van der Waals surface area contributed by atoms with Gasteiger partial charge in [-0.2, -0.15) is 0 Å². The molecule has 0 radical (unpaired) electrons. The van der Waals surface area contributed by atoms with Crippen molar-refractivity contribution in [2.24, 2.45) is 0 Å². The second-order valence-electron chi connectivity index (χ2n) is 6.42. The van der Waals surface area contributed by atoms with Crippen LogP contribution in [0.15, 0.2) is 30.5 Å². The lowest BCUT2D eigenvalue weighted by Crippen LogP contribution is -2.36. The normalized spacial score (nSPS) is 21.4. The predicted molar refractivity (Wildman–Crippen MR) is 87.6 cm³/mol. The van der Waals surface area contributed by atoms with Crippen molar-refractivity contribution in [3.8, 4) is 0 Å². The molecule has 4 rings (SSSR count). The number of benzene rings is 1. The first-order valence-corrected chi connectivity index (χ1v) is 8.28. The van der Waals surface area contributed by atoms with E-state index in [0.717, 1.165) is 38.0 Å². The van der Waals surface area contributed by atoms with Crippen LogP contribution in [0.1, 0.15) is 41.9 Å². The van der Waals surface area contributed by atoms with E-state index in [2.05, 4.69) is 28.6 Å². The van der Waals surface area contributed by atoms with Crippen LogP contribution in [0.4, 0.5) is 5.69 Å². The van der Waals surface area contributed by atoms with Gasteiger partial charge in [-0.05, 0) is 50.9 Å². The van der Waals surface area contributed by atoms with Crippen LogP contribution in [0, 0.1) is 0 Å². The number of rotatable bonds is 2.